The topological polar surface area (TPSA) is 113 Å². The predicted molar refractivity (Wildman–Crippen MR) is 119 cm³/mol. The monoisotopic (exact) mass is 442 g/mol. The lowest BCUT2D eigenvalue weighted by Crippen LogP contribution is -2.39. The van der Waals surface area contributed by atoms with E-state index in [4.69, 9.17) is 16.3 Å². The minimum atomic E-state index is -1.04. The standard InChI is InChI=1S/C22H23ClN4O4/c23-19-8-4-3-7-17(19)10-24-13-21(29)26-12-18(28)14-31-22(30)27-20-9-15-5-1-2-6-16(15)11-25-20/h1-9,11,18,24,28H,10,12-14H2,(H,26,29)(H,25,27,30). The van der Waals surface area contributed by atoms with Crippen LogP contribution in [0.25, 0.3) is 10.8 Å². The third kappa shape index (κ3) is 7.21. The molecule has 2 amide bonds. The van der Waals surface area contributed by atoms with E-state index in [9.17, 15) is 14.7 Å². The quantitative estimate of drug-likeness (QED) is 0.405. The summed E-state index contributed by atoms with van der Waals surface area (Å²) in [7, 11) is 0. The molecule has 162 valence electrons. The Labute approximate surface area is 184 Å². The maximum atomic E-state index is 11.9. The van der Waals surface area contributed by atoms with E-state index < -0.39 is 12.2 Å². The van der Waals surface area contributed by atoms with Crippen LogP contribution in [0.15, 0.2) is 60.8 Å². The molecular formula is C22H23ClN4O4. The van der Waals surface area contributed by atoms with E-state index in [0.29, 0.717) is 17.4 Å². The number of benzene rings is 2. The third-order valence-corrected chi connectivity index (χ3v) is 4.73. The van der Waals surface area contributed by atoms with Crippen molar-refractivity contribution in [3.8, 4) is 0 Å². The molecule has 0 aliphatic rings. The lowest BCUT2D eigenvalue weighted by atomic mass is 10.2. The van der Waals surface area contributed by atoms with Gasteiger partial charge in [-0.3, -0.25) is 10.1 Å². The van der Waals surface area contributed by atoms with Crippen LogP contribution in [0.2, 0.25) is 5.02 Å². The second kappa shape index (κ2) is 11.3. The largest absolute Gasteiger partial charge is 0.446 e. The van der Waals surface area contributed by atoms with Gasteiger partial charge in [-0.15, -0.1) is 0 Å². The molecule has 4 N–H and O–H groups in total. The van der Waals surface area contributed by atoms with Crippen LogP contribution in [0.5, 0.6) is 0 Å². The van der Waals surface area contributed by atoms with Crippen LogP contribution in [-0.4, -0.2) is 47.9 Å². The Morgan fingerprint density at radius 3 is 2.65 bits per heavy atom. The third-order valence-electron chi connectivity index (χ3n) is 4.36. The van der Waals surface area contributed by atoms with E-state index in [2.05, 4.69) is 20.9 Å². The van der Waals surface area contributed by atoms with Crippen LogP contribution in [0.1, 0.15) is 5.56 Å². The minimum absolute atomic E-state index is 0.0475. The first-order chi connectivity index (χ1) is 15.0. The van der Waals surface area contributed by atoms with E-state index in [1.807, 2.05) is 42.5 Å². The molecule has 2 aromatic carbocycles. The maximum absolute atomic E-state index is 11.9. The number of halogens is 1. The van der Waals surface area contributed by atoms with Crippen molar-refractivity contribution in [1.29, 1.82) is 0 Å². The van der Waals surface area contributed by atoms with Gasteiger partial charge in [-0.25, -0.2) is 9.78 Å². The van der Waals surface area contributed by atoms with E-state index in [-0.39, 0.29) is 25.6 Å². The Morgan fingerprint density at radius 1 is 1.10 bits per heavy atom. The summed E-state index contributed by atoms with van der Waals surface area (Å²) in [6.07, 6.45) is -0.132. The molecule has 31 heavy (non-hydrogen) atoms. The van der Waals surface area contributed by atoms with Gasteiger partial charge in [0.15, 0.2) is 0 Å². The maximum Gasteiger partial charge on any atom is 0.412 e. The second-order valence-electron chi connectivity index (χ2n) is 6.79. The number of hydrogen-bond acceptors (Lipinski definition) is 6. The van der Waals surface area contributed by atoms with Gasteiger partial charge in [-0.2, -0.15) is 0 Å². The zero-order valence-corrected chi connectivity index (χ0v) is 17.4. The van der Waals surface area contributed by atoms with Crippen molar-refractivity contribution >= 4 is 40.2 Å². The van der Waals surface area contributed by atoms with Crippen LogP contribution >= 0.6 is 11.6 Å². The van der Waals surface area contributed by atoms with E-state index >= 15 is 0 Å². The zero-order valence-electron chi connectivity index (χ0n) is 16.7. The molecule has 0 saturated heterocycles. The molecule has 0 spiro atoms. The number of aromatic nitrogens is 1. The number of hydrogen-bond donors (Lipinski definition) is 4. The fraction of sp³-hybridized carbons (Fsp3) is 0.227. The van der Waals surface area contributed by atoms with Gasteiger partial charge in [-0.1, -0.05) is 54.1 Å². The van der Waals surface area contributed by atoms with Crippen molar-refractivity contribution in [1.82, 2.24) is 15.6 Å². The normalized spacial score (nSPS) is 11.7. The zero-order chi connectivity index (χ0) is 22.1. The number of aliphatic hydroxyl groups excluding tert-OH is 1. The fourth-order valence-corrected chi connectivity index (χ4v) is 2.97. The van der Waals surface area contributed by atoms with Crippen LogP contribution in [0, 0.1) is 0 Å². The van der Waals surface area contributed by atoms with Gasteiger partial charge in [0.05, 0.1) is 6.54 Å². The smallest absolute Gasteiger partial charge is 0.412 e. The van der Waals surface area contributed by atoms with Gasteiger partial charge in [-0.05, 0) is 23.1 Å². The Kier molecular flexibility index (Phi) is 8.17. The van der Waals surface area contributed by atoms with E-state index in [1.54, 1.807) is 18.3 Å². The van der Waals surface area contributed by atoms with Crippen molar-refractivity contribution in [2.24, 2.45) is 0 Å². The number of ether oxygens (including phenoxy) is 1. The first-order valence-electron chi connectivity index (χ1n) is 9.69. The first-order valence-corrected chi connectivity index (χ1v) is 10.1. The highest BCUT2D eigenvalue weighted by atomic mass is 35.5. The molecule has 0 bridgehead atoms. The molecule has 3 aromatic rings. The molecule has 0 aliphatic carbocycles. The van der Waals surface area contributed by atoms with Crippen molar-refractivity contribution in [3.63, 3.8) is 0 Å². The van der Waals surface area contributed by atoms with Crippen LogP contribution in [-0.2, 0) is 16.1 Å². The highest BCUT2D eigenvalue weighted by Gasteiger charge is 2.11. The summed E-state index contributed by atoms with van der Waals surface area (Å²) < 4.78 is 4.98. The molecule has 9 heteroatoms. The summed E-state index contributed by atoms with van der Waals surface area (Å²) in [5.74, 6) is 0.0482. The first kappa shape index (κ1) is 22.5. The van der Waals surface area contributed by atoms with Crippen molar-refractivity contribution in [2.45, 2.75) is 12.6 Å². The summed E-state index contributed by atoms with van der Waals surface area (Å²) in [5.41, 5.74) is 0.886. The lowest BCUT2D eigenvalue weighted by Gasteiger charge is -2.13. The number of amides is 2. The molecule has 1 unspecified atom stereocenters. The second-order valence-corrected chi connectivity index (χ2v) is 7.20. The molecule has 3 rings (SSSR count). The molecular weight excluding hydrogens is 420 g/mol. The summed E-state index contributed by atoms with van der Waals surface area (Å²) >= 11 is 6.06. The average Bonchev–Trinajstić information content (AvgIpc) is 2.77. The lowest BCUT2D eigenvalue weighted by molar-refractivity contribution is -0.120. The number of aliphatic hydroxyl groups is 1. The molecule has 1 heterocycles. The van der Waals surface area contributed by atoms with Crippen LogP contribution in [0.3, 0.4) is 0 Å². The molecule has 8 nitrogen and oxygen atoms in total. The Hall–Kier alpha value is -3.20. The van der Waals surface area contributed by atoms with Gasteiger partial charge in [0.1, 0.15) is 18.5 Å². The summed E-state index contributed by atoms with van der Waals surface area (Å²) in [5, 5.41) is 20.5. The summed E-state index contributed by atoms with van der Waals surface area (Å²) in [4.78, 5) is 27.9. The SMILES string of the molecule is O=C(CNCc1ccccc1Cl)NCC(O)COC(=O)Nc1cc2ccccc2cn1. The highest BCUT2D eigenvalue weighted by Crippen LogP contribution is 2.16. The number of pyridine rings is 1. The van der Waals surface area contributed by atoms with Crippen molar-refractivity contribution < 1.29 is 19.4 Å². The van der Waals surface area contributed by atoms with Crippen molar-refractivity contribution in [2.75, 3.05) is 25.0 Å². The van der Waals surface area contributed by atoms with E-state index in [1.165, 1.54) is 0 Å². The van der Waals surface area contributed by atoms with Crippen LogP contribution < -0.4 is 16.0 Å². The number of nitrogens with zero attached hydrogens (tertiary/aromatic N) is 1. The number of rotatable bonds is 9. The number of anilines is 1. The Morgan fingerprint density at radius 2 is 1.84 bits per heavy atom. The molecule has 1 atom stereocenters. The summed E-state index contributed by atoms with van der Waals surface area (Å²) in [6, 6.07) is 16.7. The van der Waals surface area contributed by atoms with Gasteiger partial charge in [0, 0.05) is 29.7 Å². The van der Waals surface area contributed by atoms with Gasteiger partial charge in [0.25, 0.3) is 0 Å². The number of carbonyl (C=O) groups excluding carboxylic acids is 2. The minimum Gasteiger partial charge on any atom is -0.446 e. The highest BCUT2D eigenvalue weighted by molar-refractivity contribution is 6.31. The van der Waals surface area contributed by atoms with Gasteiger partial charge < -0.3 is 20.5 Å². The van der Waals surface area contributed by atoms with Crippen molar-refractivity contribution in [3.05, 3.63) is 71.4 Å². The average molecular weight is 443 g/mol. The van der Waals surface area contributed by atoms with Crippen LogP contribution in [0.4, 0.5) is 10.6 Å². The molecule has 0 radical (unpaired) electrons. The number of nitrogens with one attached hydrogen (secondary N) is 3. The molecule has 0 saturated carbocycles. The fourth-order valence-electron chi connectivity index (χ4n) is 2.77. The molecule has 0 aliphatic heterocycles. The predicted octanol–water partition coefficient (Wildman–Crippen LogP) is 2.70. The number of fused-ring (bicyclic) bond motifs is 1. The molecule has 0 fully saturated rings. The number of carbonyl (C=O) groups is 2. The Bertz CT molecular complexity index is 1050. The Balaban J connectivity index is 1.32. The van der Waals surface area contributed by atoms with Gasteiger partial charge in [0.2, 0.25) is 5.91 Å². The van der Waals surface area contributed by atoms with E-state index in [0.717, 1.165) is 16.3 Å². The summed E-state index contributed by atoms with van der Waals surface area (Å²) in [6.45, 7) is 0.190. The molecule has 1 aromatic heterocycles. The van der Waals surface area contributed by atoms with Gasteiger partial charge >= 0.3 is 6.09 Å².